The van der Waals surface area contributed by atoms with Crippen LogP contribution < -0.4 is 0 Å². The Kier molecular flexibility index (Phi) is 3.71. The molecule has 17 heavy (non-hydrogen) atoms. The predicted molar refractivity (Wildman–Crippen MR) is 65.8 cm³/mol. The van der Waals surface area contributed by atoms with Gasteiger partial charge in [0.05, 0.1) is 6.10 Å². The Morgan fingerprint density at radius 2 is 1.82 bits per heavy atom. The molecule has 1 atom stereocenters. The van der Waals surface area contributed by atoms with Crippen LogP contribution in [0.15, 0.2) is 40.9 Å². The molecule has 0 spiro atoms. The third-order valence-electron chi connectivity index (χ3n) is 2.19. The minimum atomic E-state index is -0.489. The zero-order valence-electron chi connectivity index (χ0n) is 9.66. The number of aliphatic hydroxyl groups excluding tert-OH is 1. The van der Waals surface area contributed by atoms with Gasteiger partial charge in [-0.05, 0) is 42.8 Å². The van der Waals surface area contributed by atoms with Gasteiger partial charge in [-0.2, -0.15) is 0 Å². The third kappa shape index (κ3) is 3.25. The molecule has 2 heterocycles. The van der Waals surface area contributed by atoms with Crippen molar-refractivity contribution in [2.45, 2.75) is 30.1 Å². The van der Waals surface area contributed by atoms with Gasteiger partial charge >= 0.3 is 0 Å². The van der Waals surface area contributed by atoms with Crippen molar-refractivity contribution in [3.63, 3.8) is 0 Å². The first-order valence-electron chi connectivity index (χ1n) is 5.25. The lowest BCUT2D eigenvalue weighted by molar-refractivity contribution is 0.198. The van der Waals surface area contributed by atoms with E-state index in [4.69, 9.17) is 0 Å². The molecule has 4 nitrogen and oxygen atoms in total. The lowest BCUT2D eigenvalue weighted by atomic mass is 10.2. The zero-order chi connectivity index (χ0) is 12.3. The standard InChI is InChI=1S/C12H13N3OS/c1-8-5-14-12(15-6-8)17-11-4-3-10(7-13-11)9(2)16/h3-7,9,16H,1-2H3/t9-/m1/s1. The Bertz CT molecular complexity index is 482. The van der Waals surface area contributed by atoms with Crippen molar-refractivity contribution in [3.8, 4) is 0 Å². The van der Waals surface area contributed by atoms with E-state index in [2.05, 4.69) is 15.0 Å². The van der Waals surface area contributed by atoms with Crippen molar-refractivity contribution in [2.75, 3.05) is 0 Å². The van der Waals surface area contributed by atoms with Crippen molar-refractivity contribution in [2.24, 2.45) is 0 Å². The first-order chi connectivity index (χ1) is 8.15. The summed E-state index contributed by atoms with van der Waals surface area (Å²) in [6.45, 7) is 3.66. The second-order valence-electron chi connectivity index (χ2n) is 3.75. The molecule has 1 N–H and O–H groups in total. The molecule has 2 rings (SSSR count). The summed E-state index contributed by atoms with van der Waals surface area (Å²) in [5.74, 6) is 0. The number of aliphatic hydroxyl groups is 1. The highest BCUT2D eigenvalue weighted by atomic mass is 32.2. The summed E-state index contributed by atoms with van der Waals surface area (Å²) in [5, 5.41) is 10.9. The van der Waals surface area contributed by atoms with Crippen molar-refractivity contribution in [1.82, 2.24) is 15.0 Å². The highest BCUT2D eigenvalue weighted by molar-refractivity contribution is 7.99. The van der Waals surface area contributed by atoms with Gasteiger partial charge in [0, 0.05) is 18.6 Å². The van der Waals surface area contributed by atoms with E-state index in [1.807, 2.05) is 19.1 Å². The zero-order valence-corrected chi connectivity index (χ0v) is 10.5. The maximum Gasteiger partial charge on any atom is 0.193 e. The lowest BCUT2D eigenvalue weighted by Crippen LogP contribution is -1.93. The Hall–Kier alpha value is -1.46. The van der Waals surface area contributed by atoms with Crippen molar-refractivity contribution >= 4 is 11.8 Å². The second kappa shape index (κ2) is 5.25. The van der Waals surface area contributed by atoms with Crippen LogP contribution in [0.5, 0.6) is 0 Å². The molecular formula is C12H13N3OS. The van der Waals surface area contributed by atoms with E-state index >= 15 is 0 Å². The van der Waals surface area contributed by atoms with E-state index < -0.39 is 6.10 Å². The number of hydrogen-bond donors (Lipinski definition) is 1. The highest BCUT2D eigenvalue weighted by Crippen LogP contribution is 2.23. The van der Waals surface area contributed by atoms with Crippen LogP contribution >= 0.6 is 11.8 Å². The van der Waals surface area contributed by atoms with E-state index in [1.54, 1.807) is 25.5 Å². The van der Waals surface area contributed by atoms with E-state index in [9.17, 15) is 5.11 Å². The average Bonchev–Trinajstić information content (AvgIpc) is 2.33. The molecule has 0 radical (unpaired) electrons. The quantitative estimate of drug-likeness (QED) is 0.844. The van der Waals surface area contributed by atoms with Gasteiger partial charge in [0.25, 0.3) is 0 Å². The maximum atomic E-state index is 9.36. The van der Waals surface area contributed by atoms with Crippen LogP contribution in [-0.4, -0.2) is 20.1 Å². The summed E-state index contributed by atoms with van der Waals surface area (Å²) in [6.07, 6.45) is 4.73. The molecular weight excluding hydrogens is 234 g/mol. The molecule has 0 amide bonds. The molecule has 5 heteroatoms. The average molecular weight is 247 g/mol. The Labute approximate surface area is 104 Å². The smallest absolute Gasteiger partial charge is 0.193 e. The minimum Gasteiger partial charge on any atom is -0.389 e. The van der Waals surface area contributed by atoms with E-state index in [0.29, 0.717) is 5.16 Å². The summed E-state index contributed by atoms with van der Waals surface area (Å²) in [6, 6.07) is 3.71. The Balaban J connectivity index is 2.11. The molecule has 2 aromatic heterocycles. The number of aryl methyl sites for hydroxylation is 1. The normalized spacial score (nSPS) is 12.4. The largest absolute Gasteiger partial charge is 0.389 e. The number of pyridine rings is 1. The molecule has 2 aromatic rings. The van der Waals surface area contributed by atoms with Crippen LogP contribution in [0.3, 0.4) is 0 Å². The fourth-order valence-electron chi connectivity index (χ4n) is 1.23. The number of aromatic nitrogens is 3. The van der Waals surface area contributed by atoms with Gasteiger partial charge in [-0.15, -0.1) is 0 Å². The van der Waals surface area contributed by atoms with Crippen LogP contribution in [0.1, 0.15) is 24.2 Å². The van der Waals surface area contributed by atoms with E-state index in [0.717, 1.165) is 16.2 Å². The monoisotopic (exact) mass is 247 g/mol. The maximum absolute atomic E-state index is 9.36. The fraction of sp³-hybridized carbons (Fsp3) is 0.250. The Morgan fingerprint density at radius 1 is 1.12 bits per heavy atom. The molecule has 0 aromatic carbocycles. The van der Waals surface area contributed by atoms with Gasteiger partial charge in [0.1, 0.15) is 5.03 Å². The van der Waals surface area contributed by atoms with Crippen molar-refractivity contribution in [3.05, 3.63) is 41.9 Å². The molecule has 0 bridgehead atoms. The van der Waals surface area contributed by atoms with E-state index in [1.165, 1.54) is 11.8 Å². The highest BCUT2D eigenvalue weighted by Gasteiger charge is 2.04. The fourth-order valence-corrected chi connectivity index (χ4v) is 1.87. The summed E-state index contributed by atoms with van der Waals surface area (Å²) >= 11 is 1.40. The lowest BCUT2D eigenvalue weighted by Gasteiger charge is -2.04. The summed E-state index contributed by atoms with van der Waals surface area (Å²) in [4.78, 5) is 12.6. The van der Waals surface area contributed by atoms with Gasteiger partial charge in [-0.25, -0.2) is 15.0 Å². The molecule has 0 saturated heterocycles. The first kappa shape index (κ1) is 12.0. The summed E-state index contributed by atoms with van der Waals surface area (Å²) in [7, 11) is 0. The van der Waals surface area contributed by atoms with E-state index in [-0.39, 0.29) is 0 Å². The molecule has 0 aliphatic rings. The van der Waals surface area contributed by atoms with Gasteiger partial charge in [-0.1, -0.05) is 6.07 Å². The van der Waals surface area contributed by atoms with Crippen LogP contribution in [0.2, 0.25) is 0 Å². The van der Waals surface area contributed by atoms with Gasteiger partial charge < -0.3 is 5.11 Å². The first-order valence-corrected chi connectivity index (χ1v) is 6.07. The Morgan fingerprint density at radius 3 is 2.35 bits per heavy atom. The van der Waals surface area contributed by atoms with Gasteiger partial charge in [-0.3, -0.25) is 0 Å². The van der Waals surface area contributed by atoms with Gasteiger partial charge in [0.15, 0.2) is 5.16 Å². The molecule has 0 fully saturated rings. The second-order valence-corrected chi connectivity index (χ2v) is 4.74. The van der Waals surface area contributed by atoms with Crippen molar-refractivity contribution < 1.29 is 5.11 Å². The molecule has 0 aliphatic carbocycles. The van der Waals surface area contributed by atoms with Gasteiger partial charge in [0.2, 0.25) is 0 Å². The molecule has 0 saturated carbocycles. The summed E-state index contributed by atoms with van der Waals surface area (Å²) < 4.78 is 0. The number of hydrogen-bond acceptors (Lipinski definition) is 5. The van der Waals surface area contributed by atoms with Crippen molar-refractivity contribution in [1.29, 1.82) is 0 Å². The number of rotatable bonds is 3. The number of nitrogens with zero attached hydrogens (tertiary/aromatic N) is 3. The predicted octanol–water partition coefficient (Wildman–Crippen LogP) is 2.38. The van der Waals surface area contributed by atoms with Crippen LogP contribution in [0.4, 0.5) is 0 Å². The van der Waals surface area contributed by atoms with Crippen LogP contribution in [0.25, 0.3) is 0 Å². The molecule has 0 unspecified atom stereocenters. The minimum absolute atomic E-state index is 0.489. The SMILES string of the molecule is Cc1cnc(Sc2ccc([C@@H](C)O)cn2)nc1. The van der Waals surface area contributed by atoms with Crippen LogP contribution in [0, 0.1) is 6.92 Å². The molecule has 88 valence electrons. The third-order valence-corrected chi connectivity index (χ3v) is 3.04. The van der Waals surface area contributed by atoms with Crippen LogP contribution in [-0.2, 0) is 0 Å². The molecule has 0 aliphatic heterocycles. The topological polar surface area (TPSA) is 58.9 Å². The summed E-state index contributed by atoms with van der Waals surface area (Å²) in [5.41, 5.74) is 1.84.